The Labute approximate surface area is 480 Å². The first kappa shape index (κ1) is 53.7. The van der Waals surface area contributed by atoms with E-state index in [1.54, 1.807) is 95.7 Å². The van der Waals surface area contributed by atoms with E-state index in [0.29, 0.717) is 73.8 Å². The van der Waals surface area contributed by atoms with Gasteiger partial charge in [0.15, 0.2) is 0 Å². The molecule has 5 aliphatic carbocycles. The molecule has 0 spiro atoms. The average molecular weight is 1150 g/mol. The van der Waals surface area contributed by atoms with E-state index in [4.69, 9.17) is 0 Å². The fourth-order valence-electron chi connectivity index (χ4n) is 11.7. The summed E-state index contributed by atoms with van der Waals surface area (Å²) in [5, 5.41) is 9.86. The first-order chi connectivity index (χ1) is 41.1. The third-order valence-corrected chi connectivity index (χ3v) is 17.4. The second kappa shape index (κ2) is 21.1. The summed E-state index contributed by atoms with van der Waals surface area (Å²) in [6, 6.07) is 13.6. The van der Waals surface area contributed by atoms with Crippen LogP contribution < -0.4 is 32.6 Å². The highest BCUT2D eigenvalue weighted by Crippen LogP contribution is 2.45. The minimum atomic E-state index is -1.24. The molecule has 9 aromatic heterocycles. The maximum Gasteiger partial charge on any atom is 0.259 e. The van der Waals surface area contributed by atoms with Crippen LogP contribution >= 0.6 is 0 Å². The van der Waals surface area contributed by atoms with E-state index in [1.807, 2.05) is 6.07 Å². The van der Waals surface area contributed by atoms with E-state index < -0.39 is 65.4 Å². The molecule has 18 nitrogen and oxygen atoms in total. The smallest absolute Gasteiger partial charge is 0.259 e. The lowest BCUT2D eigenvalue weighted by atomic mass is 9.97. The van der Waals surface area contributed by atoms with Gasteiger partial charge in [-0.25, -0.2) is 32.5 Å². The number of amides is 3. The highest BCUT2D eigenvalue weighted by Gasteiger charge is 2.46. The molecule has 5 fully saturated rings. The topological polar surface area (TPSA) is 231 Å². The van der Waals surface area contributed by atoms with Crippen molar-refractivity contribution in [3.63, 3.8) is 0 Å². The Balaban J connectivity index is 0.788. The average Bonchev–Trinajstić information content (AvgIpc) is 3.00. The first-order valence-corrected chi connectivity index (χ1v) is 28.5. The van der Waals surface area contributed by atoms with Crippen LogP contribution in [0.3, 0.4) is 0 Å². The maximum absolute atomic E-state index is 15.4. The number of aryl methyl sites for hydroxylation is 2. The number of hydrogen-bond acceptors (Lipinski definition) is 12. The predicted molar refractivity (Wildman–Crippen MR) is 309 cm³/mol. The van der Waals surface area contributed by atoms with Crippen molar-refractivity contribution >= 4 is 67.9 Å². The second-order valence-electron chi connectivity index (χ2n) is 23.4. The highest BCUT2D eigenvalue weighted by molar-refractivity contribution is 5.98. The zero-order chi connectivity index (χ0) is 58.5. The van der Waals surface area contributed by atoms with Gasteiger partial charge in [0.25, 0.3) is 16.7 Å². The maximum atomic E-state index is 15.4. The van der Waals surface area contributed by atoms with Crippen molar-refractivity contribution in [2.75, 3.05) is 16.0 Å². The molecule has 0 saturated heterocycles. The molecule has 5 saturated carbocycles. The number of alkyl halides is 3. The van der Waals surface area contributed by atoms with Crippen molar-refractivity contribution in [3.05, 3.63) is 158 Å². The van der Waals surface area contributed by atoms with Crippen LogP contribution in [0, 0.1) is 48.2 Å². The van der Waals surface area contributed by atoms with Crippen LogP contribution in [-0.4, -0.2) is 79.8 Å². The molecule has 0 bridgehead atoms. The molecule has 8 atom stereocenters. The Morgan fingerprint density at radius 2 is 0.953 bits per heavy atom. The van der Waals surface area contributed by atoms with Crippen LogP contribution in [0.1, 0.15) is 55.2 Å². The molecule has 2 unspecified atom stereocenters. The summed E-state index contributed by atoms with van der Waals surface area (Å²) < 4.78 is 61.6. The van der Waals surface area contributed by atoms with Gasteiger partial charge in [0.05, 0.1) is 40.5 Å². The molecular formula is C63H54F4N12O6. The number of nitrogens with one attached hydrogen (secondary N) is 3. The molecule has 0 radical (unpaired) electrons. The number of anilines is 3. The summed E-state index contributed by atoms with van der Waals surface area (Å²) in [5.74, 6) is -3.51. The Hall–Kier alpha value is -9.34. The van der Waals surface area contributed by atoms with Gasteiger partial charge in [0.1, 0.15) is 41.8 Å². The van der Waals surface area contributed by atoms with Gasteiger partial charge in [-0.1, -0.05) is 0 Å². The molecule has 5 aliphatic rings. The van der Waals surface area contributed by atoms with Gasteiger partial charge in [-0.05, 0) is 123 Å². The van der Waals surface area contributed by atoms with Crippen LogP contribution in [0.5, 0.6) is 0 Å². The highest BCUT2D eigenvalue weighted by atomic mass is 19.1. The molecule has 0 aliphatic heterocycles. The predicted octanol–water partition coefficient (Wildman–Crippen LogP) is 8.87. The molecule has 22 heteroatoms. The summed E-state index contributed by atoms with van der Waals surface area (Å²) in [5.41, 5.74) is 4.45. The van der Waals surface area contributed by atoms with Crippen LogP contribution in [0.15, 0.2) is 119 Å². The number of carbonyl (C=O) groups is 3. The molecule has 14 rings (SSSR count). The van der Waals surface area contributed by atoms with Crippen LogP contribution in [-0.2, 0) is 46.9 Å². The van der Waals surface area contributed by atoms with Crippen LogP contribution in [0.2, 0.25) is 0 Å². The van der Waals surface area contributed by atoms with Gasteiger partial charge in [-0.15, -0.1) is 0 Å². The summed E-state index contributed by atoms with van der Waals surface area (Å²) in [7, 11) is 0. The fraction of sp³-hybridized carbons (Fsp3) is 0.333. The summed E-state index contributed by atoms with van der Waals surface area (Å²) in [6.07, 6.45) is 13.8. The van der Waals surface area contributed by atoms with Gasteiger partial charge in [0, 0.05) is 137 Å². The number of rotatable bonds is 18. The third-order valence-electron chi connectivity index (χ3n) is 17.4. The number of pyridine rings is 9. The Morgan fingerprint density at radius 3 is 1.45 bits per heavy atom. The molecule has 9 aromatic rings. The van der Waals surface area contributed by atoms with Crippen molar-refractivity contribution in [3.8, 4) is 33.4 Å². The monoisotopic (exact) mass is 1150 g/mol. The molecule has 9 heterocycles. The number of aromatic nitrogens is 9. The molecule has 0 aromatic carbocycles. The number of nitrogens with zero attached hydrogens (tertiary/aromatic N) is 9. The van der Waals surface area contributed by atoms with Crippen LogP contribution in [0.4, 0.5) is 35.0 Å². The van der Waals surface area contributed by atoms with E-state index in [2.05, 4.69) is 45.9 Å². The van der Waals surface area contributed by atoms with Gasteiger partial charge in [-0.3, -0.25) is 43.7 Å². The van der Waals surface area contributed by atoms with Crippen molar-refractivity contribution in [2.24, 2.45) is 35.5 Å². The minimum Gasteiger partial charge on any atom is -0.310 e. The molecule has 430 valence electrons. The zero-order valence-electron chi connectivity index (χ0n) is 45.8. The molecular weight excluding hydrogens is 1100 g/mol. The van der Waals surface area contributed by atoms with E-state index in [0.717, 1.165) is 31.0 Å². The lowest BCUT2D eigenvalue weighted by Crippen LogP contribution is -2.25. The first-order valence-electron chi connectivity index (χ1n) is 28.5. The van der Waals surface area contributed by atoms with Crippen molar-refractivity contribution < 1.29 is 31.9 Å². The van der Waals surface area contributed by atoms with Crippen LogP contribution in [0.25, 0.3) is 66.1 Å². The van der Waals surface area contributed by atoms with Gasteiger partial charge in [0.2, 0.25) is 17.7 Å². The summed E-state index contributed by atoms with van der Waals surface area (Å²) >= 11 is 0. The standard InChI is InChI=1S/C63H54F4N12O6/c1-30-45(24-70-27-51(30)67)39-12-35-21-71-55(74-58(80)42-15-48(42)64)18-52(35)77(61(39)83)9-6-32-4-7-68-25-46(32)40-13-37-23-73-57(76-60(82)44-17-50(44)66)20-54(37)79(63(40)85)29-38-11-34(38)10-33-5-8-69-26-47(33)41-14-36-22-72-56(75-59(81)43-16-49(43)65)19-53(36)78(62(41)84)28-31-2-3-31/h4-5,7-8,12-14,18-27,31,34,38,42-44,48-50H,2-3,6,9-11,15-17,28-29H2,1H3,(H,71,74,80)(H,72,75,81)(H,73,76,82)/t34?,38?,42-,43+,44+,48-,49+,50-/m1/s1. The molecule has 3 amide bonds. The SMILES string of the molecule is Cc1c(F)cncc1-c1cc2cnc(NC(=O)[C@@H]3C[C@H]3F)cc2n(CCc2ccncc2-c2cc3cnc(NC(=O)[C@H]4C[C@H]4F)cc3n(CC3CC3Cc3ccncc3-c3cc4cnc(NC(=O)[C@H]5C[C@@H]5F)cc4n(CC4CC4)c3=O)c2=O)c1=O. The van der Waals surface area contributed by atoms with Crippen molar-refractivity contribution in [1.82, 2.24) is 43.6 Å². The quantitative estimate of drug-likeness (QED) is 0.0684. The lowest BCUT2D eigenvalue weighted by Gasteiger charge is -2.18. The van der Waals surface area contributed by atoms with Gasteiger partial charge < -0.3 is 29.7 Å². The van der Waals surface area contributed by atoms with Gasteiger partial charge in [-0.2, -0.15) is 0 Å². The molecule has 85 heavy (non-hydrogen) atoms. The van der Waals surface area contributed by atoms with E-state index >= 15 is 4.79 Å². The number of halogens is 4. The summed E-state index contributed by atoms with van der Waals surface area (Å²) in [4.78, 5) is 110. The number of hydrogen-bond donors (Lipinski definition) is 3. The molecule has 3 N–H and O–H groups in total. The minimum absolute atomic E-state index is 0.0245. The van der Waals surface area contributed by atoms with E-state index in [1.165, 1.54) is 17.0 Å². The van der Waals surface area contributed by atoms with E-state index in [-0.39, 0.29) is 101 Å². The fourth-order valence-corrected chi connectivity index (χ4v) is 11.7. The third kappa shape index (κ3) is 10.5. The van der Waals surface area contributed by atoms with Gasteiger partial charge >= 0.3 is 0 Å². The largest absolute Gasteiger partial charge is 0.310 e. The summed E-state index contributed by atoms with van der Waals surface area (Å²) in [6.45, 7) is 2.30. The van der Waals surface area contributed by atoms with Crippen molar-refractivity contribution in [1.29, 1.82) is 0 Å². The Kier molecular flexibility index (Phi) is 13.3. The van der Waals surface area contributed by atoms with Crippen molar-refractivity contribution in [2.45, 2.75) is 96.4 Å². The Morgan fingerprint density at radius 1 is 0.518 bits per heavy atom. The number of carbonyl (C=O) groups excluding carboxylic acids is 3. The lowest BCUT2D eigenvalue weighted by molar-refractivity contribution is -0.118. The number of fused-ring (bicyclic) bond motifs is 3. The normalized spacial score (nSPS) is 21.9. The zero-order valence-corrected chi connectivity index (χ0v) is 45.8. The Bertz CT molecular complexity index is 4490. The van der Waals surface area contributed by atoms with E-state index in [9.17, 15) is 41.5 Å². The second-order valence-corrected chi connectivity index (χ2v) is 23.4.